The molecule has 0 radical (unpaired) electrons. The number of nitrogens with zero attached hydrogens (tertiary/aromatic N) is 4. The van der Waals surface area contributed by atoms with Crippen LogP contribution in [0.2, 0.25) is 0 Å². The van der Waals surface area contributed by atoms with Crippen molar-refractivity contribution in [3.05, 3.63) is 188 Å². The maximum Gasteiger partial charge on any atom is 0.164 e. The summed E-state index contributed by atoms with van der Waals surface area (Å²) in [6.07, 6.45) is 0. The van der Waals surface area contributed by atoms with Crippen LogP contribution < -0.4 is 0 Å². The van der Waals surface area contributed by atoms with Gasteiger partial charge in [0.2, 0.25) is 0 Å². The number of hydrogen-bond donors (Lipinski definition) is 0. The maximum absolute atomic E-state index is 9.20. The summed E-state index contributed by atoms with van der Waals surface area (Å²) >= 11 is 0. The van der Waals surface area contributed by atoms with Crippen molar-refractivity contribution < 1.29 is 0 Å². The van der Waals surface area contributed by atoms with Gasteiger partial charge < -0.3 is 0 Å². The molecule has 52 heavy (non-hydrogen) atoms. The van der Waals surface area contributed by atoms with Gasteiger partial charge in [-0.05, 0) is 79.2 Å². The van der Waals surface area contributed by atoms with E-state index in [1.165, 1.54) is 32.7 Å². The molecule has 0 saturated carbocycles. The normalized spacial score (nSPS) is 11.1. The third-order valence-corrected chi connectivity index (χ3v) is 9.56. The molecule has 0 N–H and O–H groups in total. The monoisotopic (exact) mass is 662 g/mol. The number of hydrogen-bond acceptors (Lipinski definition) is 4. The van der Waals surface area contributed by atoms with Gasteiger partial charge in [0.1, 0.15) is 0 Å². The molecule has 0 aliphatic rings. The fraction of sp³-hybridized carbons (Fsp3) is 0. The van der Waals surface area contributed by atoms with E-state index in [0.29, 0.717) is 23.0 Å². The van der Waals surface area contributed by atoms with Gasteiger partial charge in [-0.1, -0.05) is 158 Å². The molecule has 1 aromatic heterocycles. The highest BCUT2D eigenvalue weighted by atomic mass is 15.0. The third kappa shape index (κ3) is 5.87. The Labute approximate surface area is 302 Å². The molecule has 0 aliphatic carbocycles. The summed E-state index contributed by atoms with van der Waals surface area (Å²) in [5, 5.41) is 13.9. The van der Waals surface area contributed by atoms with Crippen LogP contribution in [0.3, 0.4) is 0 Å². The lowest BCUT2D eigenvalue weighted by Gasteiger charge is -2.16. The zero-order valence-corrected chi connectivity index (χ0v) is 28.1. The van der Waals surface area contributed by atoms with Crippen LogP contribution in [0.4, 0.5) is 0 Å². The molecule has 0 spiro atoms. The number of nitriles is 1. The molecule has 0 bridgehead atoms. The molecule has 0 amide bonds. The highest BCUT2D eigenvalue weighted by molar-refractivity contribution is 6.05. The van der Waals surface area contributed by atoms with Crippen molar-refractivity contribution in [3.63, 3.8) is 0 Å². The quantitative estimate of drug-likeness (QED) is 0.178. The zero-order chi connectivity index (χ0) is 34.9. The third-order valence-electron chi connectivity index (χ3n) is 9.56. The highest BCUT2D eigenvalue weighted by Gasteiger charge is 2.16. The first-order valence-corrected chi connectivity index (χ1v) is 17.2. The van der Waals surface area contributed by atoms with Crippen molar-refractivity contribution in [1.82, 2.24) is 15.0 Å². The zero-order valence-electron chi connectivity index (χ0n) is 28.1. The van der Waals surface area contributed by atoms with Crippen LogP contribution in [0.5, 0.6) is 0 Å². The summed E-state index contributed by atoms with van der Waals surface area (Å²) in [5.41, 5.74) is 10.3. The number of benzene rings is 8. The Balaban J connectivity index is 1.13. The van der Waals surface area contributed by atoms with Gasteiger partial charge in [0.15, 0.2) is 17.5 Å². The van der Waals surface area contributed by atoms with Gasteiger partial charge in [-0.3, -0.25) is 0 Å². The molecule has 0 atom stereocenters. The Morgan fingerprint density at radius 1 is 0.346 bits per heavy atom. The molecule has 1 heterocycles. The second-order valence-corrected chi connectivity index (χ2v) is 12.8. The maximum atomic E-state index is 9.20. The van der Waals surface area contributed by atoms with E-state index in [-0.39, 0.29) is 0 Å². The van der Waals surface area contributed by atoms with Crippen molar-refractivity contribution in [1.29, 1.82) is 5.26 Å². The van der Waals surface area contributed by atoms with Gasteiger partial charge in [-0.15, -0.1) is 0 Å². The van der Waals surface area contributed by atoms with Gasteiger partial charge >= 0.3 is 0 Å². The Kier molecular flexibility index (Phi) is 7.85. The second-order valence-electron chi connectivity index (χ2n) is 12.8. The van der Waals surface area contributed by atoms with Crippen molar-refractivity contribution in [2.75, 3.05) is 0 Å². The van der Waals surface area contributed by atoms with Crippen LogP contribution in [0.15, 0.2) is 182 Å². The first-order chi connectivity index (χ1) is 25.7. The Morgan fingerprint density at radius 2 is 0.808 bits per heavy atom. The van der Waals surface area contributed by atoms with Crippen LogP contribution in [-0.2, 0) is 0 Å². The van der Waals surface area contributed by atoms with Crippen LogP contribution in [0, 0.1) is 11.3 Å². The van der Waals surface area contributed by atoms with Crippen molar-refractivity contribution in [2.45, 2.75) is 0 Å². The minimum absolute atomic E-state index is 0.632. The fourth-order valence-corrected chi connectivity index (χ4v) is 6.88. The van der Waals surface area contributed by atoms with Gasteiger partial charge in [0.05, 0.1) is 11.6 Å². The molecule has 4 heteroatoms. The average Bonchev–Trinajstić information content (AvgIpc) is 3.23. The van der Waals surface area contributed by atoms with Gasteiger partial charge in [-0.2, -0.15) is 5.26 Å². The molecule has 0 fully saturated rings. The van der Waals surface area contributed by atoms with E-state index in [9.17, 15) is 5.26 Å². The lowest BCUT2D eigenvalue weighted by Crippen LogP contribution is -2.00. The van der Waals surface area contributed by atoms with Crippen LogP contribution in [0.25, 0.3) is 89.1 Å². The molecular formula is C48H30N4. The Bertz CT molecular complexity index is 2710. The van der Waals surface area contributed by atoms with Crippen molar-refractivity contribution in [3.8, 4) is 73.6 Å². The van der Waals surface area contributed by atoms with Crippen LogP contribution >= 0.6 is 0 Å². The molecule has 0 aliphatic heterocycles. The lowest BCUT2D eigenvalue weighted by atomic mass is 9.88. The van der Waals surface area contributed by atoms with Gasteiger partial charge in [0, 0.05) is 16.7 Å². The molecule has 242 valence electrons. The van der Waals surface area contributed by atoms with Crippen LogP contribution in [0.1, 0.15) is 5.56 Å². The summed E-state index contributed by atoms with van der Waals surface area (Å²) in [4.78, 5) is 14.7. The smallest absolute Gasteiger partial charge is 0.164 e. The van der Waals surface area contributed by atoms with Gasteiger partial charge in [0.25, 0.3) is 0 Å². The van der Waals surface area contributed by atoms with E-state index in [4.69, 9.17) is 15.0 Å². The number of fused-ring (bicyclic) bond motifs is 2. The van der Waals surface area contributed by atoms with Crippen LogP contribution in [-0.4, -0.2) is 15.0 Å². The summed E-state index contributed by atoms with van der Waals surface area (Å²) in [6, 6.07) is 64.9. The average molecular weight is 663 g/mol. The van der Waals surface area contributed by atoms with Crippen molar-refractivity contribution >= 4 is 21.5 Å². The summed E-state index contributed by atoms with van der Waals surface area (Å²) < 4.78 is 0. The second kappa shape index (κ2) is 13.2. The Morgan fingerprint density at radius 3 is 1.42 bits per heavy atom. The van der Waals surface area contributed by atoms with E-state index in [1.807, 2.05) is 84.9 Å². The first kappa shape index (κ1) is 30.8. The molecule has 8 aromatic carbocycles. The number of aromatic nitrogens is 3. The van der Waals surface area contributed by atoms with E-state index in [2.05, 4.69) is 103 Å². The minimum atomic E-state index is 0.632. The lowest BCUT2D eigenvalue weighted by molar-refractivity contribution is 1.07. The Hall–Kier alpha value is -7.22. The summed E-state index contributed by atoms with van der Waals surface area (Å²) in [7, 11) is 0. The van der Waals surface area contributed by atoms with Crippen molar-refractivity contribution in [2.24, 2.45) is 0 Å². The molecule has 9 rings (SSSR count). The largest absolute Gasteiger partial charge is 0.208 e. The molecule has 0 saturated heterocycles. The topological polar surface area (TPSA) is 62.5 Å². The van der Waals surface area contributed by atoms with E-state index < -0.39 is 0 Å². The van der Waals surface area contributed by atoms with Gasteiger partial charge in [-0.25, -0.2) is 15.0 Å². The molecule has 4 nitrogen and oxygen atoms in total. The summed E-state index contributed by atoms with van der Waals surface area (Å²) in [6.45, 7) is 0. The number of rotatable bonds is 6. The fourth-order valence-electron chi connectivity index (χ4n) is 6.88. The molecular weight excluding hydrogens is 633 g/mol. The molecule has 9 aromatic rings. The predicted octanol–water partition coefficient (Wildman–Crippen LogP) is 12.1. The highest BCUT2D eigenvalue weighted by Crippen LogP contribution is 2.40. The standard InChI is InChI=1S/C48H30N4/c49-31-32-15-17-33(18-16-32)39-23-24-41-30-42(26-25-40(41)29-39)44-28-27-34-9-7-8-14-43(34)45(44)35-19-21-38(22-20-35)48-51-46(36-10-3-1-4-11-36)50-47(52-48)37-12-5-2-6-13-37/h1-30H. The predicted molar refractivity (Wildman–Crippen MR) is 212 cm³/mol. The summed E-state index contributed by atoms with van der Waals surface area (Å²) in [5.74, 6) is 1.92. The van der Waals surface area contributed by atoms with E-state index in [1.54, 1.807) is 0 Å². The SMILES string of the molecule is N#Cc1ccc(-c2ccc3cc(-c4ccc5ccccc5c4-c4ccc(-c5nc(-c6ccccc6)nc(-c6ccccc6)n5)cc4)ccc3c2)cc1. The minimum Gasteiger partial charge on any atom is -0.208 e. The van der Waals surface area contributed by atoms with E-state index >= 15 is 0 Å². The molecule has 0 unspecified atom stereocenters. The van der Waals surface area contributed by atoms with E-state index in [0.717, 1.165) is 38.9 Å². The first-order valence-electron chi connectivity index (χ1n) is 17.2.